The molecule has 620 valence electrons. The van der Waals surface area contributed by atoms with Crippen LogP contribution in [0.4, 0.5) is 0 Å². The van der Waals surface area contributed by atoms with Gasteiger partial charge in [0.05, 0.1) is 0 Å². The van der Waals surface area contributed by atoms with E-state index in [1.165, 1.54) is 138 Å². The summed E-state index contributed by atoms with van der Waals surface area (Å²) in [5.74, 6) is 0. The second kappa shape index (κ2) is 44.8. The molecule has 19 heteroatoms. The van der Waals surface area contributed by atoms with Gasteiger partial charge in [-0.05, 0) is 338 Å². The van der Waals surface area contributed by atoms with Gasteiger partial charge in [-0.15, -0.1) is 22.7 Å². The second-order valence-corrected chi connectivity index (χ2v) is 41.5. The van der Waals surface area contributed by atoms with Gasteiger partial charge in [-0.3, -0.25) is 0 Å². The van der Waals surface area contributed by atoms with Gasteiger partial charge in [-0.25, -0.2) is 0 Å². The highest BCUT2D eigenvalue weighted by Crippen LogP contribution is 2.41. The molecule has 19 rings (SSSR count). The first-order valence-corrected chi connectivity index (χ1v) is 49.2. The van der Waals surface area contributed by atoms with Crippen molar-refractivity contribution in [2.24, 2.45) is 0 Å². The molecule has 123 heavy (non-hydrogen) atoms. The maximum Gasteiger partial charge on any atom is 0.135 e. The van der Waals surface area contributed by atoms with Crippen LogP contribution in [-0.2, 0) is 0 Å². The van der Waals surface area contributed by atoms with E-state index in [0.717, 1.165) is 90.0 Å². The maximum absolute atomic E-state index is 5.99. The SMILES string of the molecule is Brc1ccc(-c2ccc(Br)cc2)cc1.Cc1cc(-c2cc(C)c(Br)c(C)c2)cc(C)c1Br.Cc1cc(-c2ccc(Br)c(C)c2)ccc1Br.Cc1cc(Br)ccc1-c1ccc(Br)cc1C.Clc1ccc2c(c1)sc1cc(Cl)ccc12.Clc1ccc2oc3ccc(Cl)cc3c2c1.Clc1ccc2sc3ccc(Cl)cc3c2c1.Clc1cccc(-c2cccc(Cl)c2)c1. The van der Waals surface area contributed by atoms with Crippen molar-refractivity contribution < 1.29 is 4.42 Å². The monoisotopic (exact) mass is 2310 g/mol. The van der Waals surface area contributed by atoms with Gasteiger partial charge < -0.3 is 4.42 Å². The zero-order chi connectivity index (χ0) is 88.0. The number of aryl methyl sites for hydroxylation is 8. The third kappa shape index (κ3) is 26.1. The first-order chi connectivity index (χ1) is 58.8. The molecule has 0 radical (unpaired) electrons. The molecule has 19 aromatic rings. The quantitative estimate of drug-likeness (QED) is 0.167. The summed E-state index contributed by atoms with van der Waals surface area (Å²) in [6.45, 7) is 17.1. The van der Waals surface area contributed by atoms with E-state index in [4.69, 9.17) is 97.2 Å². The summed E-state index contributed by atoms with van der Waals surface area (Å²) in [6, 6.07) is 102. The molecule has 0 unspecified atom stereocenters. The Hall–Kier alpha value is -6.08. The van der Waals surface area contributed by atoms with Crippen LogP contribution in [0.2, 0.25) is 40.2 Å². The zero-order valence-electron chi connectivity index (χ0n) is 67.1. The smallest absolute Gasteiger partial charge is 0.135 e. The first-order valence-electron chi connectivity index (χ1n) is 38.2. The van der Waals surface area contributed by atoms with Crippen molar-refractivity contribution >= 4 is 305 Å². The third-order valence-electron chi connectivity index (χ3n) is 19.7. The van der Waals surface area contributed by atoms with E-state index < -0.39 is 0 Å². The van der Waals surface area contributed by atoms with Crippen molar-refractivity contribution in [3.05, 3.63) is 424 Å². The van der Waals surface area contributed by atoms with Crippen LogP contribution < -0.4 is 0 Å². The summed E-state index contributed by atoms with van der Waals surface area (Å²) in [7, 11) is 0. The van der Waals surface area contributed by atoms with Gasteiger partial charge in [0.1, 0.15) is 11.2 Å². The second-order valence-electron chi connectivity index (χ2n) is 28.9. The van der Waals surface area contributed by atoms with Gasteiger partial charge in [0.25, 0.3) is 0 Å². The highest BCUT2D eigenvalue weighted by atomic mass is 79.9. The van der Waals surface area contributed by atoms with Crippen molar-refractivity contribution in [1.29, 1.82) is 0 Å². The van der Waals surface area contributed by atoms with Gasteiger partial charge >= 0.3 is 0 Å². The first kappa shape index (κ1) is 96.0. The average Bonchev–Trinajstić information content (AvgIpc) is 1.64. The predicted molar refractivity (Wildman–Crippen MR) is 571 cm³/mol. The number of hydrogen-bond donors (Lipinski definition) is 0. The summed E-state index contributed by atoms with van der Waals surface area (Å²) < 4.78 is 19.8. The van der Waals surface area contributed by atoms with Crippen LogP contribution in [0.25, 0.3) is 118 Å². The van der Waals surface area contributed by atoms with Crippen LogP contribution >= 0.6 is 243 Å². The van der Waals surface area contributed by atoms with Gasteiger partial charge in [-0.2, -0.15) is 0 Å². The Morgan fingerprint density at radius 2 is 0.496 bits per heavy atom. The van der Waals surface area contributed by atoms with Crippen LogP contribution in [-0.4, -0.2) is 0 Å². The van der Waals surface area contributed by atoms with Crippen molar-refractivity contribution in [2.75, 3.05) is 0 Å². The molecule has 0 aliphatic heterocycles. The Bertz CT molecular complexity index is 6450. The molecule has 0 aliphatic carbocycles. The molecule has 0 atom stereocenters. The average molecular weight is 2330 g/mol. The molecule has 0 aliphatic rings. The van der Waals surface area contributed by atoms with Gasteiger partial charge in [0.2, 0.25) is 0 Å². The Balaban J connectivity index is 0.000000128. The van der Waals surface area contributed by atoms with E-state index in [1.54, 1.807) is 22.7 Å². The summed E-state index contributed by atoms with van der Waals surface area (Å²) in [5.41, 5.74) is 24.2. The summed E-state index contributed by atoms with van der Waals surface area (Å²) in [6.07, 6.45) is 0. The Morgan fingerprint density at radius 3 is 0.846 bits per heavy atom. The van der Waals surface area contributed by atoms with E-state index in [0.29, 0.717) is 10.0 Å². The standard InChI is InChI=1S/C16H16Br2.2C14H12Br2.C12H8Br2.C12H6Cl2O.2C12H6Cl2S.C12H8Cl2/c1-9-5-13(6-10(2)15(9)17)14-7-11(3)16(18)12(4)8-14;1-9-7-11(15)3-5-13(9)14-6-4-12(16)8-10(14)2;1-9-7-11(3-5-13(9)15)12-4-6-14(16)10(2)8-12;13-11-5-1-9(2-6-11)10-3-7-12(14)8-4-10;2*13-7-1-3-11-9(5-7)10-6-8(14)2-4-12(10)15-11;13-7-1-3-9-10-4-2-8(14)6-12(10)15-11(9)5-7;13-11-5-1-3-9(7-11)10-4-2-6-12(14)8-10/h5-8H,1-4H3;2*3-8H,1-2H3;1-8H;3*1-6H;1-8H. The van der Waals surface area contributed by atoms with Crippen molar-refractivity contribution in [2.45, 2.75) is 55.4 Å². The van der Waals surface area contributed by atoms with Gasteiger partial charge in [0.15, 0.2) is 0 Å². The van der Waals surface area contributed by atoms with Crippen LogP contribution in [0, 0.1) is 55.4 Å². The minimum absolute atomic E-state index is 0.699. The zero-order valence-corrected chi connectivity index (χ0v) is 87.5. The predicted octanol–water partition coefficient (Wildman–Crippen LogP) is 42.3. The molecule has 0 amide bonds. The molecule has 0 N–H and O–H groups in total. The molecule has 3 heterocycles. The highest BCUT2D eigenvalue weighted by Gasteiger charge is 2.14. The van der Waals surface area contributed by atoms with Crippen LogP contribution in [0.1, 0.15) is 44.5 Å². The number of benzene rings is 16. The number of rotatable bonds is 5. The maximum atomic E-state index is 5.99. The molecule has 3 aromatic heterocycles. The molecular formula is C104H74Br8Cl8OS2. The van der Waals surface area contributed by atoms with Crippen molar-refractivity contribution in [3.8, 4) is 55.6 Å². The van der Waals surface area contributed by atoms with E-state index in [9.17, 15) is 0 Å². The van der Waals surface area contributed by atoms with E-state index in [1.807, 2.05) is 133 Å². The lowest BCUT2D eigenvalue weighted by Gasteiger charge is -2.11. The minimum atomic E-state index is 0.699. The minimum Gasteiger partial charge on any atom is -0.456 e. The molecule has 0 fully saturated rings. The molecule has 0 spiro atoms. The van der Waals surface area contributed by atoms with Crippen LogP contribution in [0.15, 0.2) is 344 Å². The molecule has 0 saturated carbocycles. The summed E-state index contributed by atoms with van der Waals surface area (Å²) in [5, 5.41) is 12.8. The van der Waals surface area contributed by atoms with Gasteiger partial charge in [-0.1, -0.05) is 342 Å². The number of hydrogen-bond acceptors (Lipinski definition) is 3. The van der Waals surface area contributed by atoms with E-state index >= 15 is 0 Å². The van der Waals surface area contributed by atoms with E-state index in [2.05, 4.69) is 353 Å². The third-order valence-corrected chi connectivity index (χ3v) is 30.2. The topological polar surface area (TPSA) is 13.1 Å². The number of thiophene rings is 2. The lowest BCUT2D eigenvalue weighted by atomic mass is 9.97. The van der Waals surface area contributed by atoms with Crippen LogP contribution in [0.3, 0.4) is 0 Å². The number of fused-ring (bicyclic) bond motifs is 9. The summed E-state index contributed by atoms with van der Waals surface area (Å²) >= 11 is 79.2. The fourth-order valence-electron chi connectivity index (χ4n) is 13.5. The Labute approximate surface area is 834 Å². The molecule has 0 bridgehead atoms. The van der Waals surface area contributed by atoms with Gasteiger partial charge in [0, 0.05) is 127 Å². The number of furan rings is 1. The fourth-order valence-corrected chi connectivity index (χ4v) is 19.7. The highest BCUT2D eigenvalue weighted by molar-refractivity contribution is 9.11. The molecule has 1 nitrogen and oxygen atoms in total. The normalized spacial score (nSPS) is 10.8. The molecular weight excluding hydrogens is 2250 g/mol. The lowest BCUT2D eigenvalue weighted by Crippen LogP contribution is -1.89. The Morgan fingerprint density at radius 1 is 0.203 bits per heavy atom. The number of halogens is 16. The van der Waals surface area contributed by atoms with Crippen molar-refractivity contribution in [1.82, 2.24) is 0 Å². The van der Waals surface area contributed by atoms with Crippen LogP contribution in [0.5, 0.6) is 0 Å². The molecule has 0 saturated heterocycles. The molecule has 16 aromatic carbocycles. The van der Waals surface area contributed by atoms with Crippen molar-refractivity contribution in [3.63, 3.8) is 0 Å². The lowest BCUT2D eigenvalue weighted by molar-refractivity contribution is 0.669. The largest absolute Gasteiger partial charge is 0.456 e. The van der Waals surface area contributed by atoms with E-state index in [-0.39, 0.29) is 0 Å². The Kier molecular flexibility index (Phi) is 34.9. The summed E-state index contributed by atoms with van der Waals surface area (Å²) in [4.78, 5) is 0. The fraction of sp³-hybridized carbons (Fsp3) is 0.0769.